The molecule has 1 aromatic heterocycles. The molecule has 1 aromatic carbocycles. The Morgan fingerprint density at radius 1 is 1.21 bits per heavy atom. The molecule has 0 saturated carbocycles. The molecule has 0 amide bonds. The van der Waals surface area contributed by atoms with Gasteiger partial charge in [-0.1, -0.05) is 45.0 Å². The molecule has 1 aliphatic rings. The number of allylic oxidation sites excluding steroid dienone is 1. The Hall–Kier alpha value is -3.29. The van der Waals surface area contributed by atoms with Crippen molar-refractivity contribution in [2.45, 2.75) is 52.4 Å². The molecule has 1 atom stereocenters. The Morgan fingerprint density at radius 2 is 2.00 bits per heavy atom. The average molecular weight is 458 g/mol. The summed E-state index contributed by atoms with van der Waals surface area (Å²) < 4.78 is 39.6. The summed E-state index contributed by atoms with van der Waals surface area (Å²) in [6.45, 7) is 11.0. The zero-order valence-corrected chi connectivity index (χ0v) is 19.2. The van der Waals surface area contributed by atoms with E-state index < -0.39 is 11.7 Å². The molecule has 3 rings (SSSR count). The number of pyridine rings is 1. The van der Waals surface area contributed by atoms with E-state index in [0.29, 0.717) is 29.4 Å². The van der Waals surface area contributed by atoms with Crippen LogP contribution in [0.3, 0.4) is 0 Å². The number of nitrogens with one attached hydrogen (secondary N) is 2. The van der Waals surface area contributed by atoms with Crippen molar-refractivity contribution in [1.29, 1.82) is 0 Å². The highest BCUT2D eigenvalue weighted by atomic mass is 19.4. The highest BCUT2D eigenvalue weighted by molar-refractivity contribution is 5.73. The molecular weight excluding hydrogens is 427 g/mol. The van der Waals surface area contributed by atoms with Gasteiger partial charge in [0.2, 0.25) is 0 Å². The topological polar surface area (TPSA) is 52.6 Å². The normalized spacial score (nSPS) is 15.6. The third-order valence-corrected chi connectivity index (χ3v) is 5.37. The van der Waals surface area contributed by atoms with Gasteiger partial charge < -0.3 is 15.5 Å². The third-order valence-electron chi connectivity index (χ3n) is 5.37. The lowest BCUT2D eigenvalue weighted by atomic mass is 10.1. The first-order valence-corrected chi connectivity index (χ1v) is 11.1. The SMILES string of the molecule is C=C(NC1=CC=NC(CC)N1)N(CCCC)c1nc(-c2cccc(C(F)(F)F)c2)ccc1C. The number of nitrogens with zero attached hydrogens (tertiary/aromatic N) is 3. The maximum absolute atomic E-state index is 13.2. The second-order valence-electron chi connectivity index (χ2n) is 7.94. The fourth-order valence-corrected chi connectivity index (χ4v) is 3.49. The lowest BCUT2D eigenvalue weighted by Gasteiger charge is -2.30. The van der Waals surface area contributed by atoms with Crippen molar-refractivity contribution in [3.63, 3.8) is 0 Å². The van der Waals surface area contributed by atoms with E-state index in [-0.39, 0.29) is 6.17 Å². The van der Waals surface area contributed by atoms with Gasteiger partial charge in [-0.15, -0.1) is 0 Å². The minimum Gasteiger partial charge on any atom is -0.350 e. The lowest BCUT2D eigenvalue weighted by molar-refractivity contribution is -0.137. The van der Waals surface area contributed by atoms with Crippen LogP contribution in [0.1, 0.15) is 44.2 Å². The third kappa shape index (κ3) is 6.15. The smallest absolute Gasteiger partial charge is 0.350 e. The second kappa shape index (κ2) is 10.6. The fraction of sp³-hybridized carbons (Fsp3) is 0.360. The van der Waals surface area contributed by atoms with Gasteiger partial charge in [0, 0.05) is 18.3 Å². The fourth-order valence-electron chi connectivity index (χ4n) is 3.49. The summed E-state index contributed by atoms with van der Waals surface area (Å²) in [6, 6.07) is 8.86. The summed E-state index contributed by atoms with van der Waals surface area (Å²) >= 11 is 0. The summed E-state index contributed by atoms with van der Waals surface area (Å²) in [5.41, 5.74) is 1.10. The van der Waals surface area contributed by atoms with E-state index in [1.54, 1.807) is 18.3 Å². The number of hydrogen-bond donors (Lipinski definition) is 2. The molecule has 0 saturated heterocycles. The predicted octanol–water partition coefficient (Wildman–Crippen LogP) is 5.99. The molecule has 0 fully saturated rings. The standard InChI is InChI=1S/C25H30F3N5/c1-5-7-15-33(18(4)30-23-13-14-29-22(6-2)32-23)24-17(3)11-12-21(31-24)19-9-8-10-20(16-19)25(26,27)28/h8-14,16,22,30,32H,4-7,15H2,1-3H3. The van der Waals surface area contributed by atoms with Gasteiger partial charge in [-0.25, -0.2) is 4.98 Å². The van der Waals surface area contributed by atoms with Crippen molar-refractivity contribution in [3.8, 4) is 11.3 Å². The molecule has 5 nitrogen and oxygen atoms in total. The maximum Gasteiger partial charge on any atom is 0.416 e. The summed E-state index contributed by atoms with van der Waals surface area (Å²) in [6.07, 6.45) is 1.92. The largest absolute Gasteiger partial charge is 0.416 e. The summed E-state index contributed by atoms with van der Waals surface area (Å²) in [5.74, 6) is 2.08. The number of aromatic nitrogens is 1. The first-order chi connectivity index (χ1) is 15.7. The van der Waals surface area contributed by atoms with Crippen LogP contribution in [0, 0.1) is 6.92 Å². The van der Waals surface area contributed by atoms with E-state index >= 15 is 0 Å². The van der Waals surface area contributed by atoms with Crippen molar-refractivity contribution < 1.29 is 13.2 Å². The highest BCUT2D eigenvalue weighted by Crippen LogP contribution is 2.33. The van der Waals surface area contributed by atoms with Gasteiger partial charge in [-0.3, -0.25) is 4.99 Å². The van der Waals surface area contributed by atoms with Crippen molar-refractivity contribution in [2.75, 3.05) is 11.4 Å². The van der Waals surface area contributed by atoms with E-state index in [4.69, 9.17) is 4.98 Å². The molecule has 0 bridgehead atoms. The van der Waals surface area contributed by atoms with Gasteiger partial charge in [0.05, 0.1) is 11.3 Å². The molecule has 0 aliphatic carbocycles. The molecule has 2 heterocycles. The number of aliphatic imine (C=N–C) groups is 1. The van der Waals surface area contributed by atoms with Gasteiger partial charge in [0.1, 0.15) is 23.6 Å². The van der Waals surface area contributed by atoms with E-state index in [1.807, 2.05) is 30.9 Å². The number of benzene rings is 1. The minimum absolute atomic E-state index is 0.00140. The van der Waals surface area contributed by atoms with Gasteiger partial charge in [0.15, 0.2) is 0 Å². The summed E-state index contributed by atoms with van der Waals surface area (Å²) in [4.78, 5) is 11.1. The first kappa shape index (κ1) is 24.4. The number of hydrogen-bond acceptors (Lipinski definition) is 5. The molecule has 2 N–H and O–H groups in total. The first-order valence-electron chi connectivity index (χ1n) is 11.1. The quantitative estimate of drug-likeness (QED) is 0.485. The van der Waals surface area contributed by atoms with Crippen LogP contribution >= 0.6 is 0 Å². The predicted molar refractivity (Wildman–Crippen MR) is 128 cm³/mol. The number of rotatable bonds is 9. The zero-order valence-electron chi connectivity index (χ0n) is 19.2. The Balaban J connectivity index is 1.92. The van der Waals surface area contributed by atoms with Crippen LogP contribution in [-0.4, -0.2) is 23.9 Å². The second-order valence-corrected chi connectivity index (χ2v) is 7.94. The van der Waals surface area contributed by atoms with Crippen LogP contribution in [-0.2, 0) is 6.18 Å². The molecule has 0 spiro atoms. The van der Waals surface area contributed by atoms with Gasteiger partial charge in [-0.05, 0) is 49.6 Å². The Bertz CT molecular complexity index is 1040. The van der Waals surface area contributed by atoms with E-state index in [2.05, 4.69) is 29.1 Å². The zero-order chi connectivity index (χ0) is 24.0. The number of aryl methyl sites for hydroxylation is 1. The van der Waals surface area contributed by atoms with E-state index in [9.17, 15) is 13.2 Å². The molecule has 2 aromatic rings. The maximum atomic E-state index is 13.2. The Kier molecular flexibility index (Phi) is 7.79. The van der Waals surface area contributed by atoms with Crippen LogP contribution in [0.4, 0.5) is 19.0 Å². The van der Waals surface area contributed by atoms with E-state index in [0.717, 1.165) is 42.8 Å². The Labute approximate surface area is 193 Å². The number of halogens is 3. The van der Waals surface area contributed by atoms with Crippen LogP contribution in [0.25, 0.3) is 11.3 Å². The monoisotopic (exact) mass is 457 g/mol. The highest BCUT2D eigenvalue weighted by Gasteiger charge is 2.30. The molecule has 1 unspecified atom stereocenters. The summed E-state index contributed by atoms with van der Waals surface area (Å²) in [7, 11) is 0. The number of unbranched alkanes of at least 4 members (excludes halogenated alkanes) is 1. The molecule has 33 heavy (non-hydrogen) atoms. The average Bonchev–Trinajstić information content (AvgIpc) is 2.80. The van der Waals surface area contributed by atoms with Crippen molar-refractivity contribution >= 4 is 12.0 Å². The van der Waals surface area contributed by atoms with Crippen molar-refractivity contribution in [3.05, 3.63) is 71.8 Å². The van der Waals surface area contributed by atoms with Crippen LogP contribution in [0.2, 0.25) is 0 Å². The summed E-state index contributed by atoms with van der Waals surface area (Å²) in [5, 5.41) is 6.61. The van der Waals surface area contributed by atoms with Crippen LogP contribution < -0.4 is 15.5 Å². The van der Waals surface area contributed by atoms with Gasteiger partial charge in [-0.2, -0.15) is 13.2 Å². The minimum atomic E-state index is -4.41. The number of alkyl halides is 3. The van der Waals surface area contributed by atoms with Crippen molar-refractivity contribution in [2.24, 2.45) is 4.99 Å². The van der Waals surface area contributed by atoms with Crippen molar-refractivity contribution in [1.82, 2.24) is 15.6 Å². The van der Waals surface area contributed by atoms with Gasteiger partial charge in [0.25, 0.3) is 0 Å². The lowest BCUT2D eigenvalue weighted by Crippen LogP contribution is -2.40. The van der Waals surface area contributed by atoms with Gasteiger partial charge >= 0.3 is 6.18 Å². The molecule has 0 radical (unpaired) electrons. The molecular formula is C25H30F3N5. The molecule has 176 valence electrons. The molecule has 8 heteroatoms. The Morgan fingerprint density at radius 3 is 2.70 bits per heavy atom. The van der Waals surface area contributed by atoms with Crippen LogP contribution in [0.5, 0.6) is 0 Å². The van der Waals surface area contributed by atoms with Crippen LogP contribution in [0.15, 0.2) is 65.7 Å². The number of anilines is 1. The molecule has 1 aliphatic heterocycles. The van der Waals surface area contributed by atoms with E-state index in [1.165, 1.54) is 6.07 Å².